The summed E-state index contributed by atoms with van der Waals surface area (Å²) in [7, 11) is 0. The Labute approximate surface area is 105 Å². The lowest BCUT2D eigenvalue weighted by atomic mass is 9.89. The van der Waals surface area contributed by atoms with Gasteiger partial charge in [0.25, 0.3) is 0 Å². The van der Waals surface area contributed by atoms with E-state index in [4.69, 9.17) is 0 Å². The highest BCUT2D eigenvalue weighted by Gasteiger charge is 2.15. The van der Waals surface area contributed by atoms with Gasteiger partial charge in [-0.2, -0.15) is 0 Å². The van der Waals surface area contributed by atoms with Gasteiger partial charge in [-0.25, -0.2) is 0 Å². The summed E-state index contributed by atoms with van der Waals surface area (Å²) in [6.45, 7) is 4.35. The van der Waals surface area contributed by atoms with Crippen LogP contribution >= 0.6 is 15.9 Å². The molecule has 1 aromatic carbocycles. The molecule has 0 aliphatic carbocycles. The van der Waals surface area contributed by atoms with E-state index < -0.39 is 0 Å². The van der Waals surface area contributed by atoms with Crippen molar-refractivity contribution in [1.82, 2.24) is 5.32 Å². The Morgan fingerprint density at radius 3 is 2.75 bits per heavy atom. The number of rotatable bonds is 2. The zero-order valence-corrected chi connectivity index (χ0v) is 11.2. The fraction of sp³-hybridized carbons (Fsp3) is 0.538. The molecule has 0 aromatic heterocycles. The van der Waals surface area contributed by atoms with Crippen molar-refractivity contribution in [2.75, 3.05) is 13.1 Å². The first kappa shape index (κ1) is 11.9. The molecule has 1 saturated heterocycles. The maximum atomic E-state index is 9.57. The molecule has 0 saturated carbocycles. The minimum atomic E-state index is 0.339. The van der Waals surface area contributed by atoms with Crippen molar-refractivity contribution in [3.63, 3.8) is 0 Å². The van der Waals surface area contributed by atoms with Gasteiger partial charge in [-0.3, -0.25) is 0 Å². The van der Waals surface area contributed by atoms with Gasteiger partial charge in [-0.15, -0.1) is 0 Å². The molecule has 16 heavy (non-hydrogen) atoms. The predicted molar refractivity (Wildman–Crippen MR) is 69.8 cm³/mol. The Morgan fingerprint density at radius 2 is 2.06 bits per heavy atom. The molecule has 2 N–H and O–H groups in total. The molecule has 0 bridgehead atoms. The monoisotopic (exact) mass is 283 g/mol. The number of hydrogen-bond donors (Lipinski definition) is 2. The van der Waals surface area contributed by atoms with Crippen LogP contribution in [0.3, 0.4) is 0 Å². The van der Waals surface area contributed by atoms with Crippen molar-refractivity contribution in [3.05, 3.63) is 27.7 Å². The van der Waals surface area contributed by atoms with Crippen LogP contribution in [0.1, 0.15) is 24.0 Å². The average Bonchev–Trinajstić information content (AvgIpc) is 2.31. The summed E-state index contributed by atoms with van der Waals surface area (Å²) in [6.07, 6.45) is 3.66. The molecule has 0 radical (unpaired) electrons. The highest BCUT2D eigenvalue weighted by molar-refractivity contribution is 9.10. The van der Waals surface area contributed by atoms with Crippen molar-refractivity contribution >= 4 is 15.9 Å². The van der Waals surface area contributed by atoms with Crippen LogP contribution in [0.4, 0.5) is 0 Å². The SMILES string of the molecule is Cc1c(CC2CCNCC2)ccc(O)c1Br. The smallest absolute Gasteiger partial charge is 0.130 e. The molecular weight excluding hydrogens is 266 g/mol. The third-order valence-corrected chi connectivity index (χ3v) is 4.45. The van der Waals surface area contributed by atoms with Gasteiger partial charge in [0.1, 0.15) is 5.75 Å². The number of nitrogens with one attached hydrogen (secondary N) is 1. The van der Waals surface area contributed by atoms with Crippen LogP contribution in [-0.2, 0) is 6.42 Å². The number of phenols is 1. The van der Waals surface area contributed by atoms with E-state index in [1.807, 2.05) is 0 Å². The summed E-state index contributed by atoms with van der Waals surface area (Å²) < 4.78 is 0.846. The zero-order valence-electron chi connectivity index (χ0n) is 9.59. The number of aromatic hydroxyl groups is 1. The number of benzene rings is 1. The lowest BCUT2D eigenvalue weighted by Gasteiger charge is -2.23. The first-order chi connectivity index (χ1) is 7.68. The standard InChI is InChI=1S/C13H18BrNO/c1-9-11(2-3-12(16)13(9)14)8-10-4-6-15-7-5-10/h2-3,10,15-16H,4-8H2,1H3. The molecule has 0 spiro atoms. The van der Waals surface area contributed by atoms with Crippen LogP contribution in [0.25, 0.3) is 0 Å². The van der Waals surface area contributed by atoms with Crippen LogP contribution in [0.15, 0.2) is 16.6 Å². The van der Waals surface area contributed by atoms with Crippen LogP contribution in [0.5, 0.6) is 5.75 Å². The minimum Gasteiger partial charge on any atom is -0.507 e. The Kier molecular flexibility index (Phi) is 3.87. The predicted octanol–water partition coefficient (Wildman–Crippen LogP) is 3.01. The molecule has 1 fully saturated rings. The second-order valence-electron chi connectivity index (χ2n) is 4.58. The van der Waals surface area contributed by atoms with Crippen LogP contribution in [0.2, 0.25) is 0 Å². The summed E-state index contributed by atoms with van der Waals surface area (Å²) in [5, 5.41) is 13.0. The van der Waals surface area contributed by atoms with Gasteiger partial charge in [-0.1, -0.05) is 6.07 Å². The largest absolute Gasteiger partial charge is 0.507 e. The van der Waals surface area contributed by atoms with E-state index >= 15 is 0 Å². The molecule has 1 aliphatic rings. The van der Waals surface area contributed by atoms with Crippen LogP contribution in [-0.4, -0.2) is 18.2 Å². The highest BCUT2D eigenvalue weighted by Crippen LogP contribution is 2.31. The molecule has 3 heteroatoms. The molecule has 1 aromatic rings. The Hall–Kier alpha value is -0.540. The van der Waals surface area contributed by atoms with Gasteiger partial charge < -0.3 is 10.4 Å². The normalized spacial score (nSPS) is 17.6. The fourth-order valence-corrected chi connectivity index (χ4v) is 2.72. The van der Waals surface area contributed by atoms with E-state index in [0.29, 0.717) is 5.75 Å². The Morgan fingerprint density at radius 1 is 1.38 bits per heavy atom. The summed E-state index contributed by atoms with van der Waals surface area (Å²) in [5.74, 6) is 1.13. The van der Waals surface area contributed by atoms with E-state index in [0.717, 1.165) is 29.9 Å². The number of hydrogen-bond acceptors (Lipinski definition) is 2. The Bertz CT molecular complexity index is 372. The molecule has 0 atom stereocenters. The van der Waals surface area contributed by atoms with Gasteiger partial charge in [0, 0.05) is 0 Å². The summed E-state index contributed by atoms with van der Waals surface area (Å²) in [5.41, 5.74) is 2.54. The third-order valence-electron chi connectivity index (χ3n) is 3.45. The molecule has 1 aliphatic heterocycles. The summed E-state index contributed by atoms with van der Waals surface area (Å²) in [6, 6.07) is 3.84. The fourth-order valence-electron chi connectivity index (χ4n) is 2.33. The van der Waals surface area contributed by atoms with E-state index in [9.17, 15) is 5.11 Å². The van der Waals surface area contributed by atoms with Crippen molar-refractivity contribution in [2.24, 2.45) is 5.92 Å². The third kappa shape index (κ3) is 2.58. The average molecular weight is 284 g/mol. The summed E-state index contributed by atoms with van der Waals surface area (Å²) >= 11 is 3.43. The molecule has 0 amide bonds. The molecule has 88 valence electrons. The minimum absolute atomic E-state index is 0.339. The van der Waals surface area contributed by atoms with Gasteiger partial charge in [0.15, 0.2) is 0 Å². The zero-order chi connectivity index (χ0) is 11.5. The van der Waals surface area contributed by atoms with E-state index in [2.05, 4.69) is 34.2 Å². The quantitative estimate of drug-likeness (QED) is 0.875. The lowest BCUT2D eigenvalue weighted by Crippen LogP contribution is -2.28. The maximum absolute atomic E-state index is 9.57. The van der Waals surface area contributed by atoms with Gasteiger partial charge >= 0.3 is 0 Å². The van der Waals surface area contributed by atoms with Crippen molar-refractivity contribution in [3.8, 4) is 5.75 Å². The molecule has 2 rings (SSSR count). The van der Waals surface area contributed by atoms with Crippen LogP contribution in [0, 0.1) is 12.8 Å². The van der Waals surface area contributed by atoms with E-state index in [-0.39, 0.29) is 0 Å². The summed E-state index contributed by atoms with van der Waals surface area (Å²) in [4.78, 5) is 0. The molecule has 2 nitrogen and oxygen atoms in total. The van der Waals surface area contributed by atoms with Crippen molar-refractivity contribution < 1.29 is 5.11 Å². The van der Waals surface area contributed by atoms with Gasteiger partial charge in [-0.05, 0) is 78.3 Å². The van der Waals surface area contributed by atoms with Gasteiger partial charge in [0.2, 0.25) is 0 Å². The molecule has 1 heterocycles. The Balaban J connectivity index is 2.11. The first-order valence-electron chi connectivity index (χ1n) is 5.86. The topological polar surface area (TPSA) is 32.3 Å². The lowest BCUT2D eigenvalue weighted by molar-refractivity contribution is 0.372. The number of phenolic OH excluding ortho intramolecular Hbond substituents is 1. The second kappa shape index (κ2) is 5.19. The van der Waals surface area contributed by atoms with Crippen LogP contribution < -0.4 is 5.32 Å². The van der Waals surface area contributed by atoms with Crippen molar-refractivity contribution in [1.29, 1.82) is 0 Å². The maximum Gasteiger partial charge on any atom is 0.130 e. The number of piperidine rings is 1. The number of halogens is 1. The van der Waals surface area contributed by atoms with E-state index in [1.54, 1.807) is 6.07 Å². The molecular formula is C13H18BrNO. The molecule has 0 unspecified atom stereocenters. The highest BCUT2D eigenvalue weighted by atomic mass is 79.9. The van der Waals surface area contributed by atoms with Gasteiger partial charge in [0.05, 0.1) is 4.47 Å². The van der Waals surface area contributed by atoms with E-state index in [1.165, 1.54) is 24.0 Å². The first-order valence-corrected chi connectivity index (χ1v) is 6.65. The second-order valence-corrected chi connectivity index (χ2v) is 5.37. The van der Waals surface area contributed by atoms with Crippen molar-refractivity contribution in [2.45, 2.75) is 26.2 Å².